The third-order valence-electron chi connectivity index (χ3n) is 16.6. The number of anilines is 12. The van der Waals surface area contributed by atoms with E-state index in [0.29, 0.717) is 0 Å². The molecule has 2 aliphatic heterocycles. The average Bonchev–Trinajstić information content (AvgIpc) is 3.63. The van der Waals surface area contributed by atoms with Crippen LogP contribution < -0.4 is 36.0 Å². The summed E-state index contributed by atoms with van der Waals surface area (Å²) in [5, 5.41) is 0. The highest BCUT2D eigenvalue weighted by atomic mass is 15.2. The molecule has 0 N–H and O–H groups in total. The van der Waals surface area contributed by atoms with Crippen LogP contribution in [-0.2, 0) is 21.7 Å². The monoisotopic (exact) mass is 1050 g/mol. The largest absolute Gasteiger partial charge is 0.311 e. The van der Waals surface area contributed by atoms with Crippen molar-refractivity contribution >= 4 is 91.3 Å². The molecule has 0 fully saturated rings. The molecule has 5 heteroatoms. The van der Waals surface area contributed by atoms with Crippen LogP contribution in [0.2, 0.25) is 0 Å². The van der Waals surface area contributed by atoms with Crippen LogP contribution in [0, 0.1) is 0 Å². The second-order valence-electron chi connectivity index (χ2n) is 26.4. The van der Waals surface area contributed by atoms with E-state index in [4.69, 9.17) is 0 Å². The third-order valence-corrected chi connectivity index (χ3v) is 16.6. The van der Waals surface area contributed by atoms with Crippen molar-refractivity contribution in [3.05, 3.63) is 259 Å². The van der Waals surface area contributed by atoms with E-state index >= 15 is 0 Å². The van der Waals surface area contributed by atoms with Gasteiger partial charge in [0.05, 0.1) is 11.4 Å². The zero-order chi connectivity index (χ0) is 56.6. The molecular formula is C76H75BN4. The Morgan fingerprint density at radius 1 is 0.296 bits per heavy atom. The summed E-state index contributed by atoms with van der Waals surface area (Å²) in [5.41, 5.74) is 24.5. The molecule has 0 radical (unpaired) electrons. The molecule has 402 valence electrons. The molecule has 0 saturated heterocycles. The molecule has 0 aromatic heterocycles. The lowest BCUT2D eigenvalue weighted by atomic mass is 9.33. The average molecular weight is 1060 g/mol. The lowest BCUT2D eigenvalue weighted by Crippen LogP contribution is -2.61. The molecule has 2 heterocycles. The van der Waals surface area contributed by atoms with E-state index in [1.807, 2.05) is 0 Å². The van der Waals surface area contributed by atoms with Crippen LogP contribution in [0.1, 0.15) is 105 Å². The second-order valence-corrected chi connectivity index (χ2v) is 26.4. The summed E-state index contributed by atoms with van der Waals surface area (Å²) in [6, 6.07) is 88.9. The first-order valence-electron chi connectivity index (χ1n) is 29.0. The molecule has 0 atom stereocenters. The molecule has 0 saturated carbocycles. The Hall–Kier alpha value is -8.54. The number of benzene rings is 10. The van der Waals surface area contributed by atoms with Gasteiger partial charge in [0, 0.05) is 62.4 Å². The maximum atomic E-state index is 2.59. The SMILES string of the molecule is CC(C)(C)c1ccc(N2c3ccc(C(C)(C)C)cc3B3c4cc(C(C)(C)C)ccc4N(c4ccc(C(C)(C)C)cc4)c4cc(-c5c(N(c6ccccc6)c6ccccc6)cccc5N(c5ccccc5)c5ccccc5)cc2c43)cc1. The quantitative estimate of drug-likeness (QED) is 0.134. The lowest BCUT2D eigenvalue weighted by molar-refractivity contribution is 0.590. The normalized spacial score (nSPS) is 13.1. The number of fused-ring (bicyclic) bond motifs is 4. The third kappa shape index (κ3) is 9.81. The van der Waals surface area contributed by atoms with Crippen LogP contribution in [0.5, 0.6) is 0 Å². The molecule has 10 aromatic carbocycles. The van der Waals surface area contributed by atoms with Gasteiger partial charge < -0.3 is 19.6 Å². The minimum absolute atomic E-state index is 0.0193. The van der Waals surface area contributed by atoms with E-state index in [9.17, 15) is 0 Å². The zero-order valence-corrected chi connectivity index (χ0v) is 49.4. The van der Waals surface area contributed by atoms with Crippen LogP contribution in [-0.4, -0.2) is 6.71 Å². The Morgan fingerprint density at radius 2 is 0.605 bits per heavy atom. The van der Waals surface area contributed by atoms with Crippen LogP contribution in [0.4, 0.5) is 68.2 Å². The van der Waals surface area contributed by atoms with Crippen molar-refractivity contribution in [2.75, 3.05) is 19.6 Å². The molecule has 81 heavy (non-hydrogen) atoms. The van der Waals surface area contributed by atoms with E-state index in [0.717, 1.165) is 68.0 Å². The number of hydrogen-bond donors (Lipinski definition) is 0. The minimum Gasteiger partial charge on any atom is -0.311 e. The first-order chi connectivity index (χ1) is 38.7. The van der Waals surface area contributed by atoms with Crippen molar-refractivity contribution in [3.63, 3.8) is 0 Å². The van der Waals surface area contributed by atoms with E-state index in [-0.39, 0.29) is 28.4 Å². The molecule has 12 rings (SSSR count). The molecule has 0 unspecified atom stereocenters. The van der Waals surface area contributed by atoms with Crippen molar-refractivity contribution < 1.29 is 0 Å². The molecular weight excluding hydrogens is 980 g/mol. The van der Waals surface area contributed by atoms with Gasteiger partial charge in [0.2, 0.25) is 0 Å². The predicted molar refractivity (Wildman–Crippen MR) is 350 cm³/mol. The van der Waals surface area contributed by atoms with Crippen LogP contribution in [0.25, 0.3) is 11.1 Å². The van der Waals surface area contributed by atoms with E-state index in [1.54, 1.807) is 0 Å². The Balaban J connectivity index is 1.26. The van der Waals surface area contributed by atoms with Crippen LogP contribution >= 0.6 is 0 Å². The molecule has 4 nitrogen and oxygen atoms in total. The minimum atomic E-state index is -0.0844. The smallest absolute Gasteiger partial charge is 0.252 e. The van der Waals surface area contributed by atoms with Crippen LogP contribution in [0.15, 0.2) is 237 Å². The van der Waals surface area contributed by atoms with Gasteiger partial charge in [-0.25, -0.2) is 0 Å². The van der Waals surface area contributed by atoms with Gasteiger partial charge in [-0.3, -0.25) is 0 Å². The Bertz CT molecular complexity index is 3570. The number of nitrogens with zero attached hydrogens (tertiary/aromatic N) is 4. The molecule has 0 aliphatic carbocycles. The summed E-state index contributed by atoms with van der Waals surface area (Å²) in [5.74, 6) is 0. The Kier molecular flexibility index (Phi) is 13.3. The molecule has 0 bridgehead atoms. The summed E-state index contributed by atoms with van der Waals surface area (Å²) < 4.78 is 0. The molecule has 10 aromatic rings. The fraction of sp³-hybridized carbons (Fsp3) is 0.211. The summed E-state index contributed by atoms with van der Waals surface area (Å²) in [6.45, 7) is 27.8. The Labute approximate surface area is 483 Å². The molecule has 2 aliphatic rings. The highest BCUT2D eigenvalue weighted by Crippen LogP contribution is 2.53. The first-order valence-corrected chi connectivity index (χ1v) is 29.0. The topological polar surface area (TPSA) is 13.0 Å². The van der Waals surface area contributed by atoms with Gasteiger partial charge in [-0.15, -0.1) is 0 Å². The van der Waals surface area contributed by atoms with E-state index < -0.39 is 0 Å². The van der Waals surface area contributed by atoms with Crippen molar-refractivity contribution in [1.82, 2.24) is 0 Å². The lowest BCUT2D eigenvalue weighted by Gasteiger charge is -2.45. The summed E-state index contributed by atoms with van der Waals surface area (Å²) in [6.07, 6.45) is 0. The number of para-hydroxylation sites is 4. The van der Waals surface area contributed by atoms with Gasteiger partial charge in [-0.1, -0.05) is 210 Å². The highest BCUT2D eigenvalue weighted by Gasteiger charge is 2.45. The maximum absolute atomic E-state index is 2.59. The van der Waals surface area contributed by atoms with Crippen LogP contribution in [0.3, 0.4) is 0 Å². The highest BCUT2D eigenvalue weighted by molar-refractivity contribution is 7.00. The second kappa shape index (κ2) is 20.2. The Morgan fingerprint density at radius 3 is 0.914 bits per heavy atom. The summed E-state index contributed by atoms with van der Waals surface area (Å²) in [4.78, 5) is 10.1. The maximum Gasteiger partial charge on any atom is 0.252 e. The van der Waals surface area contributed by atoms with Gasteiger partial charge in [0.15, 0.2) is 0 Å². The first kappa shape index (κ1) is 53.1. The summed E-state index contributed by atoms with van der Waals surface area (Å²) >= 11 is 0. The van der Waals surface area contributed by atoms with Crippen molar-refractivity contribution in [3.8, 4) is 11.1 Å². The van der Waals surface area contributed by atoms with Crippen molar-refractivity contribution in [2.24, 2.45) is 0 Å². The fourth-order valence-electron chi connectivity index (χ4n) is 12.2. The van der Waals surface area contributed by atoms with Gasteiger partial charge in [0.25, 0.3) is 6.71 Å². The zero-order valence-electron chi connectivity index (χ0n) is 49.4. The number of rotatable bonds is 9. The number of hydrogen-bond acceptors (Lipinski definition) is 4. The van der Waals surface area contributed by atoms with Crippen molar-refractivity contribution in [2.45, 2.75) is 105 Å². The predicted octanol–water partition coefficient (Wildman–Crippen LogP) is 19.6. The molecule has 0 spiro atoms. The van der Waals surface area contributed by atoms with Gasteiger partial charge in [-0.2, -0.15) is 0 Å². The standard InChI is InChI=1S/C76H75BN4/c1-73(2,3)53-36-42-61(43-37-53)80-65-46-40-55(75(7,8)9)50-63(65)77-64-51-56(76(10,11)12)41-47-66(64)81(62-44-38-54(39-45-62)74(4,5)6)70-49-52(48-69(80)72(70)77)71-67(78(57-26-17-13-18-27-57)58-28-19-14-20-29-58)34-25-35-68(71)79(59-30-21-15-22-31-59)60-32-23-16-24-33-60/h13-51H,1-12H3. The van der Waals surface area contributed by atoms with Gasteiger partial charge >= 0.3 is 0 Å². The van der Waals surface area contributed by atoms with Gasteiger partial charge in [0.1, 0.15) is 0 Å². The van der Waals surface area contributed by atoms with Crippen molar-refractivity contribution in [1.29, 1.82) is 0 Å². The summed E-state index contributed by atoms with van der Waals surface area (Å²) in [7, 11) is 0. The van der Waals surface area contributed by atoms with E-state index in [2.05, 4.69) is 339 Å². The fourth-order valence-corrected chi connectivity index (χ4v) is 12.2. The van der Waals surface area contributed by atoms with Gasteiger partial charge in [-0.05, 0) is 175 Å². The molecule has 0 amide bonds. The van der Waals surface area contributed by atoms with E-state index in [1.165, 1.54) is 50.0 Å².